The highest BCUT2D eigenvalue weighted by Gasteiger charge is 2.34. The lowest BCUT2D eigenvalue weighted by molar-refractivity contribution is 0.0477. The highest BCUT2D eigenvalue weighted by atomic mass is 32.2. The fraction of sp³-hybridized carbons (Fsp3) is 0.588. The molecule has 134 valence electrons. The number of benzene rings is 1. The van der Waals surface area contributed by atoms with Gasteiger partial charge in [0.2, 0.25) is 10.0 Å². The van der Waals surface area contributed by atoms with Gasteiger partial charge in [-0.15, -0.1) is 0 Å². The SMILES string of the molecule is CC1C[C@@H](NC(=O)OC(C)(C)C)CN(S(=O)(=O)c2ccccc2)C1. The Morgan fingerprint density at radius 2 is 1.83 bits per heavy atom. The molecule has 1 amide bonds. The van der Waals surface area contributed by atoms with Gasteiger partial charge in [-0.2, -0.15) is 4.31 Å². The molecule has 1 aliphatic heterocycles. The molecule has 0 bridgehead atoms. The Labute approximate surface area is 144 Å². The number of carbonyl (C=O) groups excluding carboxylic acids is 1. The number of ether oxygens (including phenoxy) is 1. The maximum atomic E-state index is 12.8. The average Bonchev–Trinajstić information content (AvgIpc) is 2.45. The summed E-state index contributed by atoms with van der Waals surface area (Å²) in [6.45, 7) is 8.06. The highest BCUT2D eigenvalue weighted by molar-refractivity contribution is 7.89. The van der Waals surface area contributed by atoms with Crippen LogP contribution in [0.3, 0.4) is 0 Å². The number of carbonyl (C=O) groups is 1. The number of hydrogen-bond donors (Lipinski definition) is 1. The van der Waals surface area contributed by atoms with Crippen LogP contribution in [0.5, 0.6) is 0 Å². The molecule has 0 saturated carbocycles. The second kappa shape index (κ2) is 7.11. The van der Waals surface area contributed by atoms with Crippen molar-refractivity contribution in [3.05, 3.63) is 30.3 Å². The Balaban J connectivity index is 2.09. The summed E-state index contributed by atoms with van der Waals surface area (Å²) in [5.41, 5.74) is -0.583. The fourth-order valence-corrected chi connectivity index (χ4v) is 4.45. The highest BCUT2D eigenvalue weighted by Crippen LogP contribution is 2.24. The number of rotatable bonds is 3. The van der Waals surface area contributed by atoms with Crippen LogP contribution in [0.1, 0.15) is 34.1 Å². The Hall–Kier alpha value is -1.60. The van der Waals surface area contributed by atoms with Crippen LogP contribution in [0.15, 0.2) is 35.2 Å². The lowest BCUT2D eigenvalue weighted by Crippen LogP contribution is -2.52. The predicted molar refractivity (Wildman–Crippen MR) is 92.1 cm³/mol. The fourth-order valence-electron chi connectivity index (χ4n) is 2.82. The minimum Gasteiger partial charge on any atom is -0.444 e. The summed E-state index contributed by atoms with van der Waals surface area (Å²) in [7, 11) is -3.56. The molecule has 1 N–H and O–H groups in total. The van der Waals surface area contributed by atoms with E-state index in [0.29, 0.717) is 6.54 Å². The van der Waals surface area contributed by atoms with E-state index in [1.54, 1.807) is 51.1 Å². The normalized spacial score (nSPS) is 22.8. The Bertz CT molecular complexity index is 668. The second-order valence-electron chi connectivity index (χ2n) is 7.32. The number of sulfonamides is 1. The molecule has 0 spiro atoms. The van der Waals surface area contributed by atoms with E-state index >= 15 is 0 Å². The lowest BCUT2D eigenvalue weighted by atomic mass is 9.98. The van der Waals surface area contributed by atoms with Gasteiger partial charge >= 0.3 is 6.09 Å². The minimum atomic E-state index is -3.56. The summed E-state index contributed by atoms with van der Waals surface area (Å²) >= 11 is 0. The summed E-state index contributed by atoms with van der Waals surface area (Å²) in [4.78, 5) is 12.2. The van der Waals surface area contributed by atoms with Gasteiger partial charge < -0.3 is 10.1 Å². The first-order valence-electron chi connectivity index (χ1n) is 8.12. The third-order valence-corrected chi connectivity index (χ3v) is 5.57. The number of hydrogen-bond acceptors (Lipinski definition) is 4. The molecule has 0 aliphatic carbocycles. The van der Waals surface area contributed by atoms with Crippen LogP contribution in [-0.2, 0) is 14.8 Å². The van der Waals surface area contributed by atoms with Crippen molar-refractivity contribution in [1.29, 1.82) is 0 Å². The summed E-state index contributed by atoms with van der Waals surface area (Å²) in [6.07, 6.45) is 0.207. The molecule has 24 heavy (non-hydrogen) atoms. The van der Waals surface area contributed by atoms with Gasteiger partial charge in [0.05, 0.1) is 4.90 Å². The molecular weight excluding hydrogens is 328 g/mol. The maximum absolute atomic E-state index is 12.8. The Morgan fingerprint density at radius 1 is 1.21 bits per heavy atom. The van der Waals surface area contributed by atoms with Crippen molar-refractivity contribution in [2.75, 3.05) is 13.1 Å². The van der Waals surface area contributed by atoms with E-state index in [-0.39, 0.29) is 23.4 Å². The summed E-state index contributed by atoms with van der Waals surface area (Å²) in [5.74, 6) is 0.150. The van der Waals surface area contributed by atoms with Crippen LogP contribution < -0.4 is 5.32 Å². The largest absolute Gasteiger partial charge is 0.444 e. The first-order valence-corrected chi connectivity index (χ1v) is 9.56. The topological polar surface area (TPSA) is 75.7 Å². The second-order valence-corrected chi connectivity index (χ2v) is 9.26. The van der Waals surface area contributed by atoms with Gasteiger partial charge in [-0.25, -0.2) is 13.2 Å². The van der Waals surface area contributed by atoms with Crippen LogP contribution in [0, 0.1) is 5.92 Å². The van der Waals surface area contributed by atoms with Crippen LogP contribution >= 0.6 is 0 Å². The van der Waals surface area contributed by atoms with Gasteiger partial charge in [0.1, 0.15) is 5.60 Å². The Morgan fingerprint density at radius 3 is 2.42 bits per heavy atom. The first-order chi connectivity index (χ1) is 11.1. The Kier molecular flexibility index (Phi) is 5.55. The molecule has 2 atom stereocenters. The van der Waals surface area contributed by atoms with Crippen molar-refractivity contribution < 1.29 is 17.9 Å². The van der Waals surface area contributed by atoms with E-state index in [1.165, 1.54) is 4.31 Å². The van der Waals surface area contributed by atoms with E-state index in [2.05, 4.69) is 5.32 Å². The molecule has 1 heterocycles. The average molecular weight is 354 g/mol. The van der Waals surface area contributed by atoms with Gasteiger partial charge in [0.15, 0.2) is 0 Å². The third-order valence-electron chi connectivity index (χ3n) is 3.73. The maximum Gasteiger partial charge on any atom is 0.407 e. The first kappa shape index (κ1) is 18.7. The lowest BCUT2D eigenvalue weighted by Gasteiger charge is -2.36. The van der Waals surface area contributed by atoms with Crippen LogP contribution in [-0.4, -0.2) is 43.5 Å². The van der Waals surface area contributed by atoms with Gasteiger partial charge in [-0.1, -0.05) is 25.1 Å². The molecule has 0 radical (unpaired) electrons. The molecule has 1 unspecified atom stereocenters. The van der Waals surface area contributed by atoms with E-state index in [4.69, 9.17) is 4.74 Å². The molecule has 1 fully saturated rings. The number of amides is 1. The van der Waals surface area contributed by atoms with Crippen molar-refractivity contribution in [1.82, 2.24) is 9.62 Å². The van der Waals surface area contributed by atoms with Crippen molar-refractivity contribution in [3.63, 3.8) is 0 Å². The van der Waals surface area contributed by atoms with Gasteiger partial charge in [0.25, 0.3) is 0 Å². The standard InChI is InChI=1S/C17H26N2O4S/c1-13-10-14(18-16(20)23-17(2,3)4)12-19(11-13)24(21,22)15-8-6-5-7-9-15/h5-9,13-14H,10-12H2,1-4H3,(H,18,20)/t13?,14-/m1/s1. The molecule has 1 aromatic carbocycles. The zero-order chi connectivity index (χ0) is 18.0. The monoisotopic (exact) mass is 354 g/mol. The molecular formula is C17H26N2O4S. The van der Waals surface area contributed by atoms with Crippen LogP contribution in [0.25, 0.3) is 0 Å². The van der Waals surface area contributed by atoms with E-state index in [1.807, 2.05) is 6.92 Å². The van der Waals surface area contributed by atoms with Crippen molar-refractivity contribution >= 4 is 16.1 Å². The van der Waals surface area contributed by atoms with Gasteiger partial charge in [0, 0.05) is 19.1 Å². The molecule has 7 heteroatoms. The number of nitrogens with one attached hydrogen (secondary N) is 1. The molecule has 1 aliphatic rings. The zero-order valence-electron chi connectivity index (χ0n) is 14.7. The summed E-state index contributed by atoms with van der Waals surface area (Å²) in [6, 6.07) is 8.11. The molecule has 1 saturated heterocycles. The molecule has 6 nitrogen and oxygen atoms in total. The summed E-state index contributed by atoms with van der Waals surface area (Å²) in [5, 5.41) is 2.79. The minimum absolute atomic E-state index is 0.150. The van der Waals surface area contributed by atoms with Gasteiger partial charge in [-0.3, -0.25) is 0 Å². The number of alkyl carbamates (subject to hydrolysis) is 1. The molecule has 0 aromatic heterocycles. The van der Waals surface area contributed by atoms with Crippen molar-refractivity contribution in [3.8, 4) is 0 Å². The van der Waals surface area contributed by atoms with Gasteiger partial charge in [-0.05, 0) is 45.2 Å². The van der Waals surface area contributed by atoms with Crippen LogP contribution in [0.2, 0.25) is 0 Å². The quantitative estimate of drug-likeness (QED) is 0.905. The van der Waals surface area contributed by atoms with Crippen LogP contribution in [0.4, 0.5) is 4.79 Å². The zero-order valence-corrected chi connectivity index (χ0v) is 15.5. The van der Waals surface area contributed by atoms with Crippen molar-refractivity contribution in [2.45, 2.75) is 50.7 Å². The summed E-state index contributed by atoms with van der Waals surface area (Å²) < 4.78 is 32.3. The van der Waals surface area contributed by atoms with E-state index in [9.17, 15) is 13.2 Å². The van der Waals surface area contributed by atoms with E-state index in [0.717, 1.165) is 6.42 Å². The smallest absolute Gasteiger partial charge is 0.407 e. The molecule has 2 rings (SSSR count). The third kappa shape index (κ3) is 4.95. The van der Waals surface area contributed by atoms with Crippen molar-refractivity contribution in [2.24, 2.45) is 5.92 Å². The number of nitrogens with zero attached hydrogens (tertiary/aromatic N) is 1. The molecule has 1 aromatic rings. The van der Waals surface area contributed by atoms with E-state index < -0.39 is 21.7 Å². The predicted octanol–water partition coefficient (Wildman–Crippen LogP) is 2.61. The number of piperidine rings is 1.